The average molecular weight is 285 g/mol. The van der Waals surface area contributed by atoms with Crippen LogP contribution in [0.3, 0.4) is 0 Å². The lowest BCUT2D eigenvalue weighted by atomic mass is 9.84. The van der Waals surface area contributed by atoms with Crippen LogP contribution < -0.4 is 0 Å². The largest absolute Gasteiger partial charge is 0.467 e. The van der Waals surface area contributed by atoms with Crippen molar-refractivity contribution in [1.29, 1.82) is 0 Å². The number of hydrogen-bond donors (Lipinski definition) is 0. The molecule has 116 valence electrons. The third kappa shape index (κ3) is 5.49. The number of carbonyl (C=O) groups excluding carboxylic acids is 2. The zero-order chi connectivity index (χ0) is 15.3. The molecule has 0 saturated carbocycles. The quantitative estimate of drug-likeness (QED) is 0.740. The highest BCUT2D eigenvalue weighted by molar-refractivity contribution is 5.79. The first-order valence-electron chi connectivity index (χ1n) is 7.20. The van der Waals surface area contributed by atoms with E-state index in [4.69, 9.17) is 4.74 Å². The lowest BCUT2D eigenvalue weighted by molar-refractivity contribution is -0.162. The number of nitrogens with zero attached hydrogens (tertiary/aromatic N) is 1. The molecule has 1 aliphatic rings. The summed E-state index contributed by atoms with van der Waals surface area (Å²) >= 11 is 0. The lowest BCUT2D eigenvalue weighted by Crippen LogP contribution is -2.49. The van der Waals surface area contributed by atoms with E-state index < -0.39 is 12.1 Å². The lowest BCUT2D eigenvalue weighted by Gasteiger charge is -2.32. The van der Waals surface area contributed by atoms with Crippen molar-refractivity contribution in [2.75, 3.05) is 26.8 Å². The fourth-order valence-electron chi connectivity index (χ4n) is 2.69. The van der Waals surface area contributed by atoms with Crippen molar-refractivity contribution in [3.63, 3.8) is 0 Å². The molecule has 1 aliphatic heterocycles. The van der Waals surface area contributed by atoms with Gasteiger partial charge in [0.2, 0.25) is 5.91 Å². The molecular formula is C15H27NO4. The van der Waals surface area contributed by atoms with Gasteiger partial charge in [0.1, 0.15) is 0 Å². The van der Waals surface area contributed by atoms with E-state index in [1.807, 2.05) is 0 Å². The Bertz CT molecular complexity index is 348. The van der Waals surface area contributed by atoms with Crippen molar-refractivity contribution in [3.8, 4) is 0 Å². The first-order valence-corrected chi connectivity index (χ1v) is 7.20. The number of esters is 1. The van der Waals surface area contributed by atoms with Gasteiger partial charge in [-0.25, -0.2) is 4.79 Å². The smallest absolute Gasteiger partial charge is 0.336 e. The minimum absolute atomic E-state index is 0.0963. The van der Waals surface area contributed by atoms with Crippen LogP contribution in [-0.2, 0) is 19.1 Å². The highest BCUT2D eigenvalue weighted by Crippen LogP contribution is 2.26. The summed E-state index contributed by atoms with van der Waals surface area (Å²) in [7, 11) is 1.33. The molecule has 5 heteroatoms. The Labute approximate surface area is 121 Å². The number of hydrogen-bond acceptors (Lipinski definition) is 4. The van der Waals surface area contributed by atoms with E-state index in [-0.39, 0.29) is 11.3 Å². The van der Waals surface area contributed by atoms with Gasteiger partial charge in [-0.1, -0.05) is 27.7 Å². The van der Waals surface area contributed by atoms with Crippen molar-refractivity contribution in [2.45, 2.75) is 46.6 Å². The maximum absolute atomic E-state index is 12.3. The number of methoxy groups -OCH3 is 1. The third-order valence-corrected chi connectivity index (χ3v) is 3.37. The standard InChI is InChI=1S/C15H27NO4/c1-11(9-15(2,3)4)8-13(17)16-6-7-20-12(10-16)14(18)19-5/h11-12H,6-10H2,1-5H3. The molecule has 1 saturated heterocycles. The van der Waals surface area contributed by atoms with Crippen molar-refractivity contribution in [3.05, 3.63) is 0 Å². The molecule has 0 aromatic rings. The van der Waals surface area contributed by atoms with Crippen molar-refractivity contribution in [1.82, 2.24) is 4.90 Å². The molecule has 0 radical (unpaired) electrons. The summed E-state index contributed by atoms with van der Waals surface area (Å²) < 4.78 is 9.99. The van der Waals surface area contributed by atoms with E-state index in [0.717, 1.165) is 6.42 Å². The maximum atomic E-state index is 12.3. The number of ether oxygens (including phenoxy) is 2. The van der Waals surface area contributed by atoms with E-state index in [9.17, 15) is 9.59 Å². The summed E-state index contributed by atoms with van der Waals surface area (Å²) in [4.78, 5) is 25.4. The molecule has 0 N–H and O–H groups in total. The Morgan fingerprint density at radius 3 is 2.60 bits per heavy atom. The van der Waals surface area contributed by atoms with Crippen molar-refractivity contribution in [2.24, 2.45) is 11.3 Å². The van der Waals surface area contributed by atoms with Crippen LogP contribution in [0.15, 0.2) is 0 Å². The van der Waals surface area contributed by atoms with Crippen LogP contribution in [0, 0.1) is 11.3 Å². The average Bonchev–Trinajstić information content (AvgIpc) is 2.35. The molecule has 1 fully saturated rings. The van der Waals surface area contributed by atoms with Gasteiger partial charge in [-0.3, -0.25) is 4.79 Å². The fourth-order valence-corrected chi connectivity index (χ4v) is 2.69. The number of rotatable bonds is 4. The molecule has 0 spiro atoms. The fraction of sp³-hybridized carbons (Fsp3) is 0.867. The summed E-state index contributed by atoms with van der Waals surface area (Å²) in [6.45, 7) is 9.87. The normalized spacial score (nSPS) is 21.4. The van der Waals surface area contributed by atoms with Crippen LogP contribution in [0.2, 0.25) is 0 Å². The Kier molecular flexibility index (Phi) is 5.99. The van der Waals surface area contributed by atoms with Crippen LogP contribution in [-0.4, -0.2) is 49.7 Å². The zero-order valence-corrected chi connectivity index (χ0v) is 13.3. The number of amides is 1. The summed E-state index contributed by atoms with van der Waals surface area (Å²) in [5, 5.41) is 0. The predicted octanol–water partition coefficient (Wildman–Crippen LogP) is 1.85. The third-order valence-electron chi connectivity index (χ3n) is 3.37. The second-order valence-corrected chi connectivity index (χ2v) is 6.80. The minimum atomic E-state index is -0.643. The number of morpholine rings is 1. The van der Waals surface area contributed by atoms with Crippen LogP contribution in [0.1, 0.15) is 40.5 Å². The van der Waals surface area contributed by atoms with Crippen LogP contribution in [0.4, 0.5) is 0 Å². The Morgan fingerprint density at radius 1 is 1.40 bits per heavy atom. The molecular weight excluding hydrogens is 258 g/mol. The van der Waals surface area contributed by atoms with Gasteiger partial charge in [-0.05, 0) is 17.8 Å². The van der Waals surface area contributed by atoms with E-state index in [2.05, 4.69) is 32.4 Å². The summed E-state index contributed by atoms with van der Waals surface area (Å²) in [6, 6.07) is 0. The van der Waals surface area contributed by atoms with E-state index in [1.165, 1.54) is 7.11 Å². The SMILES string of the molecule is COC(=O)C1CN(C(=O)CC(C)CC(C)(C)C)CCO1. The van der Waals surface area contributed by atoms with Crippen LogP contribution in [0.5, 0.6) is 0 Å². The molecule has 2 unspecified atom stereocenters. The molecule has 1 amide bonds. The van der Waals surface area contributed by atoms with Gasteiger partial charge in [0.15, 0.2) is 6.10 Å². The van der Waals surface area contributed by atoms with Crippen LogP contribution >= 0.6 is 0 Å². The summed E-state index contributed by atoms with van der Waals surface area (Å²) in [5.41, 5.74) is 0.221. The second-order valence-electron chi connectivity index (χ2n) is 6.80. The topological polar surface area (TPSA) is 55.8 Å². The van der Waals surface area contributed by atoms with Gasteiger partial charge in [-0.15, -0.1) is 0 Å². The summed E-state index contributed by atoms with van der Waals surface area (Å²) in [5.74, 6) is 0.0196. The molecule has 0 aromatic carbocycles. The minimum Gasteiger partial charge on any atom is -0.467 e. The van der Waals surface area contributed by atoms with E-state index >= 15 is 0 Å². The molecule has 1 rings (SSSR count). The highest BCUT2D eigenvalue weighted by atomic mass is 16.6. The van der Waals surface area contributed by atoms with Gasteiger partial charge in [-0.2, -0.15) is 0 Å². The molecule has 5 nitrogen and oxygen atoms in total. The molecule has 0 aliphatic carbocycles. The first kappa shape index (κ1) is 17.0. The predicted molar refractivity (Wildman–Crippen MR) is 76.2 cm³/mol. The maximum Gasteiger partial charge on any atom is 0.336 e. The second kappa shape index (κ2) is 7.07. The zero-order valence-electron chi connectivity index (χ0n) is 13.3. The first-order chi connectivity index (χ1) is 9.23. The number of carbonyl (C=O) groups is 2. The Balaban J connectivity index is 2.48. The molecule has 0 aromatic heterocycles. The van der Waals surface area contributed by atoms with E-state index in [1.54, 1.807) is 4.90 Å². The van der Waals surface area contributed by atoms with Gasteiger partial charge in [0, 0.05) is 13.0 Å². The van der Waals surface area contributed by atoms with Gasteiger partial charge in [0.25, 0.3) is 0 Å². The van der Waals surface area contributed by atoms with Gasteiger partial charge >= 0.3 is 5.97 Å². The van der Waals surface area contributed by atoms with E-state index in [0.29, 0.717) is 32.0 Å². The van der Waals surface area contributed by atoms with Crippen molar-refractivity contribution >= 4 is 11.9 Å². The molecule has 1 heterocycles. The van der Waals surface area contributed by atoms with Gasteiger partial charge < -0.3 is 14.4 Å². The molecule has 20 heavy (non-hydrogen) atoms. The van der Waals surface area contributed by atoms with Gasteiger partial charge in [0.05, 0.1) is 20.3 Å². The van der Waals surface area contributed by atoms with Crippen molar-refractivity contribution < 1.29 is 19.1 Å². The monoisotopic (exact) mass is 285 g/mol. The summed E-state index contributed by atoms with van der Waals surface area (Å²) in [6.07, 6.45) is 0.880. The Morgan fingerprint density at radius 2 is 2.05 bits per heavy atom. The Hall–Kier alpha value is -1.10. The molecule has 0 bridgehead atoms. The highest BCUT2D eigenvalue weighted by Gasteiger charge is 2.30. The van der Waals surface area contributed by atoms with Crippen LogP contribution in [0.25, 0.3) is 0 Å². The molecule has 2 atom stereocenters.